The maximum absolute atomic E-state index is 11.7. The number of aryl methyl sites for hydroxylation is 1. The lowest BCUT2D eigenvalue weighted by Gasteiger charge is -2.20. The summed E-state index contributed by atoms with van der Waals surface area (Å²) in [6.07, 6.45) is 1.82. The van der Waals surface area contributed by atoms with Gasteiger partial charge in [0.15, 0.2) is 0 Å². The molecule has 0 spiro atoms. The van der Waals surface area contributed by atoms with Gasteiger partial charge >= 0.3 is 0 Å². The zero-order valence-electron chi connectivity index (χ0n) is 10.1. The van der Waals surface area contributed by atoms with Gasteiger partial charge in [-0.15, -0.1) is 0 Å². The number of carbonyl (C=O) groups excluding carboxylic acids is 1. The first-order valence-electron chi connectivity index (χ1n) is 5.89. The molecule has 0 saturated carbocycles. The molecule has 3 nitrogen and oxygen atoms in total. The van der Waals surface area contributed by atoms with E-state index in [-0.39, 0.29) is 5.91 Å². The molecule has 0 aromatic heterocycles. The number of ether oxygens (including phenoxy) is 1. The van der Waals surface area contributed by atoms with Gasteiger partial charge in [0.1, 0.15) is 5.75 Å². The fourth-order valence-electron chi connectivity index (χ4n) is 2.79. The number of nitrogens with one attached hydrogen (secondary N) is 1. The average molecular weight is 229 g/mol. The molecule has 0 fully saturated rings. The largest absolute Gasteiger partial charge is 0.497 e. The summed E-state index contributed by atoms with van der Waals surface area (Å²) in [6, 6.07) is 4.12. The monoisotopic (exact) mass is 229 g/mol. The highest BCUT2D eigenvalue weighted by atomic mass is 16.5. The molecule has 17 heavy (non-hydrogen) atoms. The Kier molecular flexibility index (Phi) is 2.21. The van der Waals surface area contributed by atoms with Crippen LogP contribution in [0, 0.1) is 6.92 Å². The fraction of sp³-hybridized carbons (Fsp3) is 0.357. The van der Waals surface area contributed by atoms with Crippen molar-refractivity contribution in [2.45, 2.75) is 19.8 Å². The predicted molar refractivity (Wildman–Crippen MR) is 66.0 cm³/mol. The van der Waals surface area contributed by atoms with Gasteiger partial charge in [-0.3, -0.25) is 4.79 Å². The number of carbonyl (C=O) groups is 1. The maximum Gasteiger partial charge on any atom is 0.247 e. The standard InChI is InChI=1S/C14H15NO2/c1-8-5-9(17-2)6-12-10(8)3-4-11-13(12)7-15-14(11)16/h5-6H,3-4,7H2,1-2H3,(H,15,16). The van der Waals surface area contributed by atoms with Crippen LogP contribution < -0.4 is 10.1 Å². The quantitative estimate of drug-likeness (QED) is 0.798. The smallest absolute Gasteiger partial charge is 0.247 e. The SMILES string of the molecule is COc1cc(C)c2c(c1)C1=C(CC2)C(=O)NC1. The summed E-state index contributed by atoms with van der Waals surface area (Å²) >= 11 is 0. The lowest BCUT2D eigenvalue weighted by molar-refractivity contribution is -0.116. The van der Waals surface area contributed by atoms with Crippen molar-refractivity contribution in [1.82, 2.24) is 5.32 Å². The molecule has 1 amide bonds. The lowest BCUT2D eigenvalue weighted by Crippen LogP contribution is -2.17. The number of fused-ring (bicyclic) bond motifs is 2. The Hall–Kier alpha value is -1.77. The summed E-state index contributed by atoms with van der Waals surface area (Å²) in [5.74, 6) is 0.973. The van der Waals surface area contributed by atoms with Crippen molar-refractivity contribution in [2.75, 3.05) is 13.7 Å². The Morgan fingerprint density at radius 3 is 2.82 bits per heavy atom. The van der Waals surface area contributed by atoms with Crippen molar-refractivity contribution in [3.05, 3.63) is 34.4 Å². The summed E-state index contributed by atoms with van der Waals surface area (Å²) in [4.78, 5) is 11.7. The fourth-order valence-corrected chi connectivity index (χ4v) is 2.79. The molecule has 3 heteroatoms. The minimum absolute atomic E-state index is 0.103. The van der Waals surface area contributed by atoms with Crippen molar-refractivity contribution in [1.29, 1.82) is 0 Å². The molecule has 0 bridgehead atoms. The molecule has 2 aliphatic rings. The predicted octanol–water partition coefficient (Wildman–Crippen LogP) is 1.83. The van der Waals surface area contributed by atoms with Gasteiger partial charge in [0, 0.05) is 12.1 Å². The lowest BCUT2D eigenvalue weighted by atomic mass is 9.84. The molecule has 0 radical (unpaired) electrons. The van der Waals surface area contributed by atoms with Crippen LogP contribution in [-0.2, 0) is 11.2 Å². The van der Waals surface area contributed by atoms with Gasteiger partial charge in [0.25, 0.3) is 0 Å². The van der Waals surface area contributed by atoms with Crippen molar-refractivity contribution in [3.63, 3.8) is 0 Å². The molecule has 0 atom stereocenters. The summed E-state index contributed by atoms with van der Waals surface area (Å²) in [5, 5.41) is 2.91. The summed E-state index contributed by atoms with van der Waals surface area (Å²) in [5.41, 5.74) is 5.94. The summed E-state index contributed by atoms with van der Waals surface area (Å²) in [7, 11) is 1.68. The molecule has 0 saturated heterocycles. The van der Waals surface area contributed by atoms with Gasteiger partial charge in [-0.25, -0.2) is 0 Å². The number of amides is 1. The Morgan fingerprint density at radius 2 is 2.06 bits per heavy atom. The molecule has 1 N–H and O–H groups in total. The third-order valence-corrected chi connectivity index (χ3v) is 3.70. The number of methoxy groups -OCH3 is 1. The second-order valence-electron chi connectivity index (χ2n) is 4.61. The third kappa shape index (κ3) is 1.46. The Bertz CT molecular complexity index is 543. The van der Waals surface area contributed by atoms with Crippen molar-refractivity contribution in [3.8, 4) is 5.75 Å². The molecule has 88 valence electrons. The van der Waals surface area contributed by atoms with Crippen LogP contribution in [0.15, 0.2) is 17.7 Å². The van der Waals surface area contributed by atoms with E-state index in [9.17, 15) is 4.79 Å². The van der Waals surface area contributed by atoms with Crippen molar-refractivity contribution >= 4 is 11.5 Å². The molecule has 1 aliphatic heterocycles. The molecule has 1 aromatic carbocycles. The highest BCUT2D eigenvalue weighted by Crippen LogP contribution is 2.37. The van der Waals surface area contributed by atoms with E-state index in [0.717, 1.165) is 24.2 Å². The minimum atomic E-state index is 0.103. The first kappa shape index (κ1) is 10.4. The van der Waals surface area contributed by atoms with Crippen LogP contribution in [0.3, 0.4) is 0 Å². The topological polar surface area (TPSA) is 38.3 Å². The van der Waals surface area contributed by atoms with E-state index in [1.165, 1.54) is 22.3 Å². The number of hydrogen-bond acceptors (Lipinski definition) is 2. The van der Waals surface area contributed by atoms with E-state index in [1.807, 2.05) is 0 Å². The zero-order chi connectivity index (χ0) is 12.0. The Labute approximate surface area is 100 Å². The Morgan fingerprint density at radius 1 is 1.24 bits per heavy atom. The van der Waals surface area contributed by atoms with Crippen LogP contribution in [0.5, 0.6) is 5.75 Å². The maximum atomic E-state index is 11.7. The van der Waals surface area contributed by atoms with Crippen LogP contribution in [0.2, 0.25) is 0 Å². The van der Waals surface area contributed by atoms with Crippen LogP contribution in [0.25, 0.3) is 5.57 Å². The summed E-state index contributed by atoms with van der Waals surface area (Å²) in [6.45, 7) is 2.77. The Balaban J connectivity index is 2.21. The van der Waals surface area contributed by atoms with E-state index in [2.05, 4.69) is 24.4 Å². The van der Waals surface area contributed by atoms with Crippen LogP contribution >= 0.6 is 0 Å². The normalized spacial score (nSPS) is 17.6. The molecule has 0 unspecified atom stereocenters. The molecule has 1 aromatic rings. The molecule has 1 heterocycles. The van der Waals surface area contributed by atoms with Gasteiger partial charge in [-0.05, 0) is 54.2 Å². The molecular weight excluding hydrogens is 214 g/mol. The van der Waals surface area contributed by atoms with E-state index >= 15 is 0 Å². The highest BCUT2D eigenvalue weighted by Gasteiger charge is 2.29. The number of benzene rings is 1. The number of rotatable bonds is 1. The van der Waals surface area contributed by atoms with Gasteiger partial charge in [0.2, 0.25) is 5.91 Å². The average Bonchev–Trinajstić information content (AvgIpc) is 2.71. The van der Waals surface area contributed by atoms with Crippen LogP contribution in [-0.4, -0.2) is 19.6 Å². The van der Waals surface area contributed by atoms with Crippen molar-refractivity contribution in [2.24, 2.45) is 0 Å². The molecule has 1 aliphatic carbocycles. The van der Waals surface area contributed by atoms with Gasteiger partial charge in [0.05, 0.1) is 7.11 Å². The van der Waals surface area contributed by atoms with E-state index < -0.39 is 0 Å². The van der Waals surface area contributed by atoms with Gasteiger partial charge in [-0.2, -0.15) is 0 Å². The minimum Gasteiger partial charge on any atom is -0.497 e. The van der Waals surface area contributed by atoms with E-state index in [0.29, 0.717) is 6.54 Å². The second-order valence-corrected chi connectivity index (χ2v) is 4.61. The second kappa shape index (κ2) is 3.62. The third-order valence-electron chi connectivity index (χ3n) is 3.70. The van der Waals surface area contributed by atoms with E-state index in [1.54, 1.807) is 7.11 Å². The van der Waals surface area contributed by atoms with Gasteiger partial charge < -0.3 is 10.1 Å². The van der Waals surface area contributed by atoms with Crippen LogP contribution in [0.4, 0.5) is 0 Å². The number of hydrogen-bond donors (Lipinski definition) is 1. The first-order chi connectivity index (χ1) is 8.20. The zero-order valence-corrected chi connectivity index (χ0v) is 10.1. The first-order valence-corrected chi connectivity index (χ1v) is 5.89. The van der Waals surface area contributed by atoms with Crippen LogP contribution in [0.1, 0.15) is 23.1 Å². The van der Waals surface area contributed by atoms with Gasteiger partial charge in [-0.1, -0.05) is 0 Å². The molecular formula is C14H15NO2. The van der Waals surface area contributed by atoms with Crippen molar-refractivity contribution < 1.29 is 9.53 Å². The highest BCUT2D eigenvalue weighted by molar-refractivity contribution is 6.07. The summed E-state index contributed by atoms with van der Waals surface area (Å²) < 4.78 is 5.31. The van der Waals surface area contributed by atoms with E-state index in [4.69, 9.17) is 4.74 Å². The molecule has 3 rings (SSSR count).